The van der Waals surface area contributed by atoms with Crippen LogP contribution in [0.2, 0.25) is 0 Å². The fraction of sp³-hybridized carbons (Fsp3) is 0.105. The van der Waals surface area contributed by atoms with E-state index in [4.69, 9.17) is 0 Å². The van der Waals surface area contributed by atoms with Crippen LogP contribution in [0.1, 0.15) is 23.0 Å². The molecule has 0 aliphatic rings. The van der Waals surface area contributed by atoms with Gasteiger partial charge >= 0.3 is 0 Å². The Morgan fingerprint density at radius 2 is 1.84 bits per heavy atom. The number of hydrogen-bond acceptors (Lipinski definition) is 4. The number of aliphatic imine (C=N–C) groups is 1. The minimum absolute atomic E-state index is 0.141. The van der Waals surface area contributed by atoms with Gasteiger partial charge in [-0.3, -0.25) is 9.48 Å². The number of aromatic hydroxyl groups is 1. The van der Waals surface area contributed by atoms with Gasteiger partial charge in [-0.15, -0.1) is 0 Å². The minimum atomic E-state index is -0.215. The molecule has 1 heterocycles. The largest absolute Gasteiger partial charge is 0.506 e. The van der Waals surface area contributed by atoms with Crippen molar-refractivity contribution in [2.24, 2.45) is 12.0 Å². The number of carbonyl (C=O) groups excluding carboxylic acids is 1. The van der Waals surface area contributed by atoms with Crippen LogP contribution in [-0.2, 0) is 7.05 Å². The average molecular weight is 334 g/mol. The third-order valence-electron chi connectivity index (χ3n) is 3.78. The molecular weight excluding hydrogens is 316 g/mol. The van der Waals surface area contributed by atoms with Gasteiger partial charge in [-0.25, -0.2) is 4.99 Å². The van der Waals surface area contributed by atoms with Crippen LogP contribution in [0, 0.1) is 0 Å². The van der Waals surface area contributed by atoms with Gasteiger partial charge in [-0.2, -0.15) is 5.10 Å². The lowest BCUT2D eigenvalue weighted by molar-refractivity contribution is 0.101. The van der Waals surface area contributed by atoms with Crippen LogP contribution in [0.3, 0.4) is 0 Å². The van der Waals surface area contributed by atoms with Gasteiger partial charge in [0.15, 0.2) is 0 Å². The Kier molecular flexibility index (Phi) is 4.61. The van der Waals surface area contributed by atoms with E-state index < -0.39 is 0 Å². The first kappa shape index (κ1) is 16.4. The molecule has 3 rings (SSSR count). The van der Waals surface area contributed by atoms with E-state index in [9.17, 15) is 9.90 Å². The number of amides is 1. The number of nitrogens with zero attached hydrogens (tertiary/aromatic N) is 3. The second kappa shape index (κ2) is 7.00. The Morgan fingerprint density at radius 1 is 1.12 bits per heavy atom. The van der Waals surface area contributed by atoms with E-state index >= 15 is 0 Å². The summed E-state index contributed by atoms with van der Waals surface area (Å²) in [6.45, 7) is 1.87. The summed E-state index contributed by atoms with van der Waals surface area (Å²) in [6, 6.07) is 16.0. The molecule has 6 heteroatoms. The first-order valence-electron chi connectivity index (χ1n) is 7.77. The molecule has 0 spiro atoms. The van der Waals surface area contributed by atoms with Gasteiger partial charge in [-0.1, -0.05) is 24.3 Å². The van der Waals surface area contributed by atoms with Gasteiger partial charge in [0.25, 0.3) is 5.91 Å². The predicted octanol–water partition coefficient (Wildman–Crippen LogP) is 3.52. The van der Waals surface area contributed by atoms with Crippen molar-refractivity contribution < 1.29 is 9.90 Å². The van der Waals surface area contributed by atoms with Crippen LogP contribution >= 0.6 is 0 Å². The highest BCUT2D eigenvalue weighted by Gasteiger charge is 2.10. The van der Waals surface area contributed by atoms with Crippen molar-refractivity contribution in [2.45, 2.75) is 6.92 Å². The molecule has 0 saturated heterocycles. The van der Waals surface area contributed by atoms with Gasteiger partial charge in [0.05, 0.1) is 0 Å². The van der Waals surface area contributed by atoms with Gasteiger partial charge in [0, 0.05) is 24.6 Å². The standard InChI is InChI=1S/C19H18N4O2/c1-13(21-16-5-3-4-6-18(16)24)14-7-9-15(10-8-14)22-19(25)17-11-12-20-23(17)2/h3-12,24H,1-2H3,(H,22,25). The number of aryl methyl sites for hydroxylation is 1. The van der Waals surface area contributed by atoms with Crippen molar-refractivity contribution in [1.82, 2.24) is 9.78 Å². The summed E-state index contributed by atoms with van der Waals surface area (Å²) in [7, 11) is 1.72. The number of carbonyl (C=O) groups is 1. The van der Waals surface area contributed by atoms with Crippen LogP contribution in [-0.4, -0.2) is 26.5 Å². The Morgan fingerprint density at radius 3 is 2.48 bits per heavy atom. The number of phenolic OH excluding ortho intramolecular Hbond substituents is 1. The molecule has 6 nitrogen and oxygen atoms in total. The van der Waals surface area contributed by atoms with E-state index in [1.54, 1.807) is 37.5 Å². The van der Waals surface area contributed by atoms with Crippen molar-refractivity contribution in [3.8, 4) is 5.75 Å². The number of rotatable bonds is 4. The molecule has 0 unspecified atom stereocenters. The topological polar surface area (TPSA) is 79.5 Å². The molecule has 0 radical (unpaired) electrons. The summed E-state index contributed by atoms with van der Waals surface area (Å²) in [5.74, 6) is -0.0748. The number of aromatic nitrogens is 2. The number of benzene rings is 2. The molecule has 0 atom stereocenters. The highest BCUT2D eigenvalue weighted by atomic mass is 16.3. The van der Waals surface area contributed by atoms with Crippen molar-refractivity contribution in [2.75, 3.05) is 5.32 Å². The fourth-order valence-corrected chi connectivity index (χ4v) is 2.39. The maximum Gasteiger partial charge on any atom is 0.273 e. The monoisotopic (exact) mass is 334 g/mol. The predicted molar refractivity (Wildman–Crippen MR) is 97.6 cm³/mol. The molecule has 0 saturated carbocycles. The summed E-state index contributed by atoms with van der Waals surface area (Å²) in [4.78, 5) is 16.6. The summed E-state index contributed by atoms with van der Waals surface area (Å²) in [5.41, 5.74) is 3.37. The maximum atomic E-state index is 12.2. The SMILES string of the molecule is CC(=Nc1ccccc1O)c1ccc(NC(=O)c2ccnn2C)cc1. The molecule has 25 heavy (non-hydrogen) atoms. The minimum Gasteiger partial charge on any atom is -0.506 e. The van der Waals surface area contributed by atoms with E-state index in [0.29, 0.717) is 17.1 Å². The highest BCUT2D eigenvalue weighted by Crippen LogP contribution is 2.26. The molecular formula is C19H18N4O2. The highest BCUT2D eigenvalue weighted by molar-refractivity contribution is 6.04. The van der Waals surface area contributed by atoms with E-state index in [2.05, 4.69) is 15.4 Å². The Bertz CT molecular complexity index is 927. The van der Waals surface area contributed by atoms with Gasteiger partial charge in [-0.05, 0) is 42.8 Å². The molecule has 2 N–H and O–H groups in total. The zero-order valence-corrected chi connectivity index (χ0v) is 14.0. The van der Waals surface area contributed by atoms with Crippen LogP contribution in [0.4, 0.5) is 11.4 Å². The molecule has 1 aromatic heterocycles. The molecule has 0 fully saturated rings. The van der Waals surface area contributed by atoms with Crippen molar-refractivity contribution in [3.63, 3.8) is 0 Å². The maximum absolute atomic E-state index is 12.2. The lowest BCUT2D eigenvalue weighted by Gasteiger charge is -2.07. The van der Waals surface area contributed by atoms with E-state index in [1.165, 1.54) is 4.68 Å². The molecule has 1 amide bonds. The molecule has 3 aromatic rings. The number of phenols is 1. The summed E-state index contributed by atoms with van der Waals surface area (Å²) in [6.07, 6.45) is 1.58. The van der Waals surface area contributed by atoms with E-state index in [-0.39, 0.29) is 11.7 Å². The molecule has 126 valence electrons. The van der Waals surface area contributed by atoms with Gasteiger partial charge in [0.2, 0.25) is 0 Å². The Balaban J connectivity index is 1.75. The lowest BCUT2D eigenvalue weighted by Crippen LogP contribution is -2.16. The summed E-state index contributed by atoms with van der Waals surface area (Å²) < 4.78 is 1.52. The van der Waals surface area contributed by atoms with Gasteiger partial charge < -0.3 is 10.4 Å². The second-order valence-corrected chi connectivity index (χ2v) is 5.56. The second-order valence-electron chi connectivity index (χ2n) is 5.56. The summed E-state index contributed by atoms with van der Waals surface area (Å²) in [5, 5.41) is 16.6. The first-order valence-corrected chi connectivity index (χ1v) is 7.77. The number of para-hydroxylation sites is 2. The molecule has 0 aliphatic carbocycles. The molecule has 0 bridgehead atoms. The van der Waals surface area contributed by atoms with Crippen molar-refractivity contribution in [3.05, 3.63) is 72.1 Å². The van der Waals surface area contributed by atoms with Crippen molar-refractivity contribution in [1.29, 1.82) is 0 Å². The molecule has 2 aromatic carbocycles. The van der Waals surface area contributed by atoms with Crippen LogP contribution in [0.15, 0.2) is 65.8 Å². The normalized spacial score (nSPS) is 11.4. The van der Waals surface area contributed by atoms with E-state index in [1.807, 2.05) is 37.3 Å². The van der Waals surface area contributed by atoms with Crippen molar-refractivity contribution >= 4 is 23.0 Å². The lowest BCUT2D eigenvalue weighted by atomic mass is 10.1. The van der Waals surface area contributed by atoms with E-state index in [0.717, 1.165) is 11.3 Å². The quantitative estimate of drug-likeness (QED) is 0.717. The zero-order chi connectivity index (χ0) is 17.8. The third-order valence-corrected chi connectivity index (χ3v) is 3.78. The first-order chi connectivity index (χ1) is 12.0. The zero-order valence-electron chi connectivity index (χ0n) is 14.0. The Hall–Kier alpha value is -3.41. The van der Waals surface area contributed by atoms with Gasteiger partial charge in [0.1, 0.15) is 17.1 Å². The fourth-order valence-electron chi connectivity index (χ4n) is 2.39. The van der Waals surface area contributed by atoms with Crippen LogP contribution in [0.25, 0.3) is 0 Å². The number of hydrogen-bond donors (Lipinski definition) is 2. The number of anilines is 1. The summed E-state index contributed by atoms with van der Waals surface area (Å²) >= 11 is 0. The Labute approximate surface area is 145 Å². The molecule has 0 aliphatic heterocycles. The van der Waals surface area contributed by atoms with Crippen LogP contribution < -0.4 is 5.32 Å². The number of nitrogens with one attached hydrogen (secondary N) is 1. The third kappa shape index (κ3) is 3.74. The smallest absolute Gasteiger partial charge is 0.273 e. The van der Waals surface area contributed by atoms with Crippen LogP contribution in [0.5, 0.6) is 5.75 Å². The average Bonchev–Trinajstić information content (AvgIpc) is 3.03.